The van der Waals surface area contributed by atoms with Crippen LogP contribution >= 0.6 is 11.6 Å². The highest BCUT2D eigenvalue weighted by atomic mass is 35.5. The molecule has 5 heteroatoms. The predicted octanol–water partition coefficient (Wildman–Crippen LogP) is 3.16. The molecule has 1 unspecified atom stereocenters. The Kier molecular flexibility index (Phi) is 9.77. The van der Waals surface area contributed by atoms with Gasteiger partial charge in [0.1, 0.15) is 0 Å². The van der Waals surface area contributed by atoms with Gasteiger partial charge in [-0.05, 0) is 37.1 Å². The molecule has 1 atom stereocenters. The number of aliphatic hydroxyl groups is 1. The zero-order valence-corrected chi connectivity index (χ0v) is 14.0. The van der Waals surface area contributed by atoms with Crippen LogP contribution in [-0.2, 0) is 0 Å². The smallest absolute Gasteiger partial charge is 0.198 e. The summed E-state index contributed by atoms with van der Waals surface area (Å²) in [6.07, 6.45) is 9.01. The van der Waals surface area contributed by atoms with E-state index in [1.165, 1.54) is 0 Å². The molecule has 0 saturated carbocycles. The number of aliphatic hydroxyl groups excluding tert-OH is 1. The van der Waals surface area contributed by atoms with Gasteiger partial charge in [0.05, 0.1) is 12.6 Å². The van der Waals surface area contributed by atoms with Gasteiger partial charge in [-0.15, -0.1) is 26.0 Å². The number of terminal acetylenes is 1. The quantitative estimate of drug-likeness (QED) is 0.381. The standard InChI is InChI=1S/C13H18ClN3O.C2H4.C2H2/c1-9-7-10(14)3-4-12(9)16-13(15-2)17-6-5-11(17)8-18;2*1-2/h3-4,7,11,18H,5-6,8H2,1-2H3,(H,15,16);1-2H2;1-2H. The topological polar surface area (TPSA) is 47.9 Å². The third-order valence-electron chi connectivity index (χ3n) is 3.27. The number of halogens is 1. The molecule has 1 fully saturated rings. The fraction of sp³-hybridized carbons (Fsp3) is 0.353. The Morgan fingerprint density at radius 1 is 1.50 bits per heavy atom. The first-order valence-electron chi connectivity index (χ1n) is 6.86. The van der Waals surface area contributed by atoms with E-state index in [9.17, 15) is 5.11 Å². The molecule has 1 aliphatic rings. The molecule has 0 aromatic heterocycles. The van der Waals surface area contributed by atoms with Crippen LogP contribution in [0.15, 0.2) is 36.3 Å². The third kappa shape index (κ3) is 5.10. The molecule has 0 amide bonds. The Morgan fingerprint density at radius 2 is 2.14 bits per heavy atom. The average Bonchev–Trinajstić information content (AvgIpc) is 2.52. The number of hydrogen-bond donors (Lipinski definition) is 2. The van der Waals surface area contributed by atoms with E-state index in [4.69, 9.17) is 11.6 Å². The first kappa shape index (κ1) is 20.0. The highest BCUT2D eigenvalue weighted by molar-refractivity contribution is 6.30. The molecular weight excluding hydrogens is 298 g/mol. The van der Waals surface area contributed by atoms with E-state index in [-0.39, 0.29) is 12.6 Å². The number of guanidine groups is 1. The Hall–Kier alpha value is -1.96. The Balaban J connectivity index is 0.00000102. The molecule has 0 bridgehead atoms. The van der Waals surface area contributed by atoms with Crippen LogP contribution in [0.3, 0.4) is 0 Å². The van der Waals surface area contributed by atoms with E-state index in [2.05, 4.69) is 41.2 Å². The molecule has 1 aliphatic heterocycles. The Labute approximate surface area is 138 Å². The van der Waals surface area contributed by atoms with Crippen LogP contribution in [0.2, 0.25) is 5.02 Å². The van der Waals surface area contributed by atoms with Gasteiger partial charge in [-0.2, -0.15) is 0 Å². The second-order valence-corrected chi connectivity index (χ2v) is 4.89. The second-order valence-electron chi connectivity index (χ2n) is 4.45. The first-order valence-corrected chi connectivity index (χ1v) is 7.24. The fourth-order valence-corrected chi connectivity index (χ4v) is 2.28. The van der Waals surface area contributed by atoms with Crippen molar-refractivity contribution >= 4 is 23.2 Å². The maximum atomic E-state index is 9.22. The van der Waals surface area contributed by atoms with Crippen molar-refractivity contribution < 1.29 is 5.11 Å². The van der Waals surface area contributed by atoms with Gasteiger partial charge in [0.15, 0.2) is 5.96 Å². The summed E-state index contributed by atoms with van der Waals surface area (Å²) in [7, 11) is 1.75. The SMILES string of the molecule is C#C.C=C.CN=C(Nc1ccc(Cl)cc1C)N1CCC1CO. The largest absolute Gasteiger partial charge is 0.394 e. The minimum atomic E-state index is 0.167. The van der Waals surface area contributed by atoms with Crippen LogP contribution in [0.5, 0.6) is 0 Å². The van der Waals surface area contributed by atoms with Crippen LogP contribution in [0.1, 0.15) is 12.0 Å². The number of nitrogens with zero attached hydrogens (tertiary/aromatic N) is 2. The van der Waals surface area contributed by atoms with Gasteiger partial charge in [-0.1, -0.05) is 11.6 Å². The van der Waals surface area contributed by atoms with Crippen LogP contribution in [0, 0.1) is 19.8 Å². The predicted molar refractivity (Wildman–Crippen MR) is 96.5 cm³/mol. The molecule has 0 radical (unpaired) electrons. The molecule has 2 N–H and O–H groups in total. The van der Waals surface area contributed by atoms with Gasteiger partial charge in [-0.25, -0.2) is 0 Å². The van der Waals surface area contributed by atoms with Crippen LogP contribution < -0.4 is 5.32 Å². The molecule has 0 aliphatic carbocycles. The van der Waals surface area contributed by atoms with Crippen LogP contribution in [0.25, 0.3) is 0 Å². The number of rotatable bonds is 2. The van der Waals surface area contributed by atoms with Gasteiger partial charge in [0, 0.05) is 24.3 Å². The Bertz CT molecular complexity index is 512. The Morgan fingerprint density at radius 3 is 2.55 bits per heavy atom. The fourth-order valence-electron chi connectivity index (χ4n) is 2.05. The summed E-state index contributed by atoms with van der Waals surface area (Å²) in [4.78, 5) is 6.33. The maximum absolute atomic E-state index is 9.22. The molecule has 120 valence electrons. The molecule has 1 heterocycles. The van der Waals surface area contributed by atoms with Crippen molar-refractivity contribution in [1.29, 1.82) is 0 Å². The van der Waals surface area contributed by atoms with Gasteiger partial charge in [0.25, 0.3) is 0 Å². The van der Waals surface area contributed by atoms with Gasteiger partial charge in [0.2, 0.25) is 0 Å². The van der Waals surface area contributed by atoms with Crippen LogP contribution in [-0.4, -0.2) is 42.2 Å². The summed E-state index contributed by atoms with van der Waals surface area (Å²) in [6, 6.07) is 5.89. The third-order valence-corrected chi connectivity index (χ3v) is 3.51. The number of nitrogens with one attached hydrogen (secondary N) is 1. The van der Waals surface area contributed by atoms with E-state index in [1.807, 2.05) is 25.1 Å². The van der Waals surface area contributed by atoms with E-state index in [1.54, 1.807) is 7.05 Å². The molecular formula is C17H24ClN3O. The highest BCUT2D eigenvalue weighted by Gasteiger charge is 2.29. The number of aliphatic imine (C=N–C) groups is 1. The zero-order valence-electron chi connectivity index (χ0n) is 13.2. The number of likely N-dealkylation sites (tertiary alicyclic amines) is 1. The van der Waals surface area contributed by atoms with Crippen molar-refractivity contribution in [3.63, 3.8) is 0 Å². The van der Waals surface area contributed by atoms with Crippen molar-refractivity contribution in [3.8, 4) is 12.8 Å². The molecule has 1 aromatic carbocycles. The highest BCUT2D eigenvalue weighted by Crippen LogP contribution is 2.22. The summed E-state index contributed by atoms with van der Waals surface area (Å²) in [5.41, 5.74) is 2.06. The van der Waals surface area contributed by atoms with Gasteiger partial charge >= 0.3 is 0 Å². The molecule has 2 rings (SSSR count). The average molecular weight is 322 g/mol. The lowest BCUT2D eigenvalue weighted by Gasteiger charge is -2.42. The lowest BCUT2D eigenvalue weighted by Crippen LogP contribution is -2.55. The summed E-state index contributed by atoms with van der Waals surface area (Å²) in [5.74, 6) is 0.797. The first-order chi connectivity index (χ1) is 10.7. The summed E-state index contributed by atoms with van der Waals surface area (Å²) in [6.45, 7) is 9.10. The molecule has 0 spiro atoms. The zero-order chi connectivity index (χ0) is 17.1. The van der Waals surface area contributed by atoms with E-state index in [0.717, 1.165) is 35.2 Å². The number of anilines is 1. The van der Waals surface area contributed by atoms with Crippen molar-refractivity contribution in [2.24, 2.45) is 4.99 Å². The van der Waals surface area contributed by atoms with Gasteiger partial charge < -0.3 is 15.3 Å². The van der Waals surface area contributed by atoms with Crippen LogP contribution in [0.4, 0.5) is 5.69 Å². The van der Waals surface area contributed by atoms with Crippen molar-refractivity contribution in [1.82, 2.24) is 4.90 Å². The lowest BCUT2D eigenvalue weighted by atomic mass is 10.1. The molecule has 1 saturated heterocycles. The number of aryl methyl sites for hydroxylation is 1. The van der Waals surface area contributed by atoms with E-state index in [0.29, 0.717) is 0 Å². The van der Waals surface area contributed by atoms with Crippen molar-refractivity contribution in [2.75, 3.05) is 25.5 Å². The van der Waals surface area contributed by atoms with Crippen molar-refractivity contribution in [3.05, 3.63) is 41.9 Å². The molecule has 4 nitrogen and oxygen atoms in total. The van der Waals surface area contributed by atoms with Gasteiger partial charge in [-0.3, -0.25) is 4.99 Å². The maximum Gasteiger partial charge on any atom is 0.198 e. The minimum Gasteiger partial charge on any atom is -0.394 e. The summed E-state index contributed by atoms with van der Waals surface area (Å²) >= 11 is 5.93. The van der Waals surface area contributed by atoms with Crippen molar-refractivity contribution in [2.45, 2.75) is 19.4 Å². The number of benzene rings is 1. The summed E-state index contributed by atoms with van der Waals surface area (Å²) in [5, 5.41) is 13.2. The molecule has 1 aromatic rings. The summed E-state index contributed by atoms with van der Waals surface area (Å²) < 4.78 is 0. The number of hydrogen-bond acceptors (Lipinski definition) is 2. The van der Waals surface area contributed by atoms with E-state index < -0.39 is 0 Å². The van der Waals surface area contributed by atoms with E-state index >= 15 is 0 Å². The molecule has 22 heavy (non-hydrogen) atoms. The normalized spacial score (nSPS) is 16.4. The minimum absolute atomic E-state index is 0.167. The monoisotopic (exact) mass is 321 g/mol. The lowest BCUT2D eigenvalue weighted by molar-refractivity contribution is 0.105. The second kappa shape index (κ2) is 10.7.